The van der Waals surface area contributed by atoms with Crippen LogP contribution in [0.5, 0.6) is 5.75 Å². The van der Waals surface area contributed by atoms with Crippen LogP contribution in [-0.4, -0.2) is 20.6 Å². The van der Waals surface area contributed by atoms with Crippen LogP contribution in [0.4, 0.5) is 11.4 Å². The number of aromatic nitrogens is 2. The van der Waals surface area contributed by atoms with Gasteiger partial charge in [0.05, 0.1) is 28.4 Å². The fourth-order valence-corrected chi connectivity index (χ4v) is 3.58. The summed E-state index contributed by atoms with van der Waals surface area (Å²) in [5.41, 5.74) is 4.13. The molecule has 1 amide bonds. The van der Waals surface area contributed by atoms with Gasteiger partial charge in [0, 0.05) is 23.9 Å². The molecule has 0 saturated carbocycles. The molecular weight excluding hydrogens is 456 g/mol. The summed E-state index contributed by atoms with van der Waals surface area (Å²) < 4.78 is 7.42. The molecule has 9 heteroatoms. The number of rotatable bonds is 8. The molecule has 4 aromatic rings. The van der Waals surface area contributed by atoms with E-state index < -0.39 is 4.92 Å². The van der Waals surface area contributed by atoms with Gasteiger partial charge in [-0.3, -0.25) is 19.6 Å². The van der Waals surface area contributed by atoms with Gasteiger partial charge >= 0.3 is 0 Å². The smallest absolute Gasteiger partial charge is 0.271 e. The molecule has 0 unspecified atom stereocenters. The SMILES string of the molecule is Cc1cccc(Cn2cc(NC(=O)c3ccc(COc4ccc([N+](=O)[O-])cc4Cl)cc3)cn2)c1. The molecule has 0 aliphatic heterocycles. The second-order valence-corrected chi connectivity index (χ2v) is 8.13. The van der Waals surface area contributed by atoms with E-state index in [9.17, 15) is 14.9 Å². The lowest BCUT2D eigenvalue weighted by Gasteiger charge is -2.09. The molecule has 0 fully saturated rings. The summed E-state index contributed by atoms with van der Waals surface area (Å²) in [6.07, 6.45) is 3.40. The molecule has 1 aromatic heterocycles. The number of halogens is 1. The highest BCUT2D eigenvalue weighted by Crippen LogP contribution is 2.29. The standard InChI is InChI=1S/C25H21ClN4O4/c1-17-3-2-4-19(11-17)14-29-15-21(13-27-29)28-25(31)20-7-5-18(6-8-20)16-34-24-10-9-22(30(32)33)12-23(24)26/h2-13,15H,14,16H2,1H3,(H,28,31). The Hall–Kier alpha value is -4.17. The van der Waals surface area contributed by atoms with Crippen LogP contribution in [0.2, 0.25) is 5.02 Å². The monoisotopic (exact) mass is 476 g/mol. The first-order valence-electron chi connectivity index (χ1n) is 10.4. The topological polar surface area (TPSA) is 99.3 Å². The van der Waals surface area contributed by atoms with Gasteiger partial charge < -0.3 is 10.1 Å². The zero-order chi connectivity index (χ0) is 24.1. The second-order valence-electron chi connectivity index (χ2n) is 7.73. The highest BCUT2D eigenvalue weighted by molar-refractivity contribution is 6.32. The first kappa shape index (κ1) is 23.0. The minimum atomic E-state index is -0.519. The molecule has 3 aromatic carbocycles. The number of hydrogen-bond donors (Lipinski definition) is 1. The third kappa shape index (κ3) is 5.79. The predicted octanol–water partition coefficient (Wildman–Crippen LogP) is 5.63. The molecule has 34 heavy (non-hydrogen) atoms. The summed E-state index contributed by atoms with van der Waals surface area (Å²) in [5.74, 6) is 0.0951. The quantitative estimate of drug-likeness (QED) is 0.262. The van der Waals surface area contributed by atoms with Crippen molar-refractivity contribution < 1.29 is 14.5 Å². The highest BCUT2D eigenvalue weighted by Gasteiger charge is 2.11. The Labute approximate surface area is 200 Å². The van der Waals surface area contributed by atoms with Crippen LogP contribution in [0.3, 0.4) is 0 Å². The minimum absolute atomic E-state index is 0.103. The zero-order valence-corrected chi connectivity index (χ0v) is 19.0. The van der Waals surface area contributed by atoms with E-state index in [1.807, 2.05) is 25.1 Å². The van der Waals surface area contributed by atoms with Crippen LogP contribution < -0.4 is 10.1 Å². The molecular formula is C25H21ClN4O4. The van der Waals surface area contributed by atoms with E-state index in [0.717, 1.165) is 11.1 Å². The van der Waals surface area contributed by atoms with Crippen LogP contribution >= 0.6 is 11.6 Å². The van der Waals surface area contributed by atoms with Gasteiger partial charge in [-0.1, -0.05) is 53.6 Å². The molecule has 1 N–H and O–H groups in total. The minimum Gasteiger partial charge on any atom is -0.487 e. The van der Waals surface area contributed by atoms with E-state index in [1.54, 1.807) is 41.3 Å². The Morgan fingerprint density at radius 1 is 1.12 bits per heavy atom. The maximum absolute atomic E-state index is 12.6. The number of anilines is 1. The van der Waals surface area contributed by atoms with Crippen molar-refractivity contribution >= 4 is 28.9 Å². The van der Waals surface area contributed by atoms with Gasteiger partial charge in [-0.05, 0) is 36.2 Å². The maximum Gasteiger partial charge on any atom is 0.271 e. The van der Waals surface area contributed by atoms with E-state index in [2.05, 4.69) is 16.5 Å². The van der Waals surface area contributed by atoms with Crippen molar-refractivity contribution in [1.29, 1.82) is 0 Å². The van der Waals surface area contributed by atoms with Crippen molar-refractivity contribution in [3.8, 4) is 5.75 Å². The largest absolute Gasteiger partial charge is 0.487 e. The number of non-ortho nitro benzene ring substituents is 1. The number of benzene rings is 3. The summed E-state index contributed by atoms with van der Waals surface area (Å²) in [6, 6.07) is 19.2. The van der Waals surface area contributed by atoms with Gasteiger partial charge in [-0.15, -0.1) is 0 Å². The van der Waals surface area contributed by atoms with Crippen LogP contribution in [0.15, 0.2) is 79.1 Å². The van der Waals surface area contributed by atoms with Gasteiger partial charge in [0.15, 0.2) is 0 Å². The molecule has 0 aliphatic carbocycles. The number of ether oxygens (including phenoxy) is 1. The third-order valence-corrected chi connectivity index (χ3v) is 5.35. The molecule has 0 saturated heterocycles. The molecule has 4 rings (SSSR count). The van der Waals surface area contributed by atoms with Crippen molar-refractivity contribution in [3.05, 3.63) is 117 Å². The molecule has 0 aliphatic rings. The van der Waals surface area contributed by atoms with Crippen LogP contribution in [-0.2, 0) is 13.2 Å². The number of nitro groups is 1. The number of carbonyl (C=O) groups is 1. The van der Waals surface area contributed by atoms with E-state index in [4.69, 9.17) is 16.3 Å². The molecule has 8 nitrogen and oxygen atoms in total. The molecule has 0 radical (unpaired) electrons. The van der Waals surface area contributed by atoms with Crippen molar-refractivity contribution in [2.75, 3.05) is 5.32 Å². The Kier molecular flexibility index (Phi) is 6.89. The number of aryl methyl sites for hydroxylation is 1. The maximum atomic E-state index is 12.6. The van der Waals surface area contributed by atoms with E-state index in [0.29, 0.717) is 23.5 Å². The number of nitrogens with one attached hydrogen (secondary N) is 1. The van der Waals surface area contributed by atoms with Crippen LogP contribution in [0.1, 0.15) is 27.0 Å². The first-order chi connectivity index (χ1) is 16.4. The van der Waals surface area contributed by atoms with Crippen molar-refractivity contribution in [2.24, 2.45) is 0 Å². The Morgan fingerprint density at radius 3 is 2.62 bits per heavy atom. The summed E-state index contributed by atoms with van der Waals surface area (Å²) in [6.45, 7) is 2.86. The first-order valence-corrected chi connectivity index (χ1v) is 10.8. The average Bonchev–Trinajstić information content (AvgIpc) is 3.25. The Balaban J connectivity index is 1.33. The van der Waals surface area contributed by atoms with E-state index in [1.165, 1.54) is 23.8 Å². The van der Waals surface area contributed by atoms with E-state index in [-0.39, 0.29) is 23.2 Å². The number of hydrogen-bond acceptors (Lipinski definition) is 5. The lowest BCUT2D eigenvalue weighted by molar-refractivity contribution is -0.384. The van der Waals surface area contributed by atoms with Gasteiger partial charge in [0.25, 0.3) is 11.6 Å². The lowest BCUT2D eigenvalue weighted by Crippen LogP contribution is -2.11. The highest BCUT2D eigenvalue weighted by atomic mass is 35.5. The van der Waals surface area contributed by atoms with Gasteiger partial charge in [0.1, 0.15) is 12.4 Å². The molecule has 172 valence electrons. The summed E-state index contributed by atoms with van der Waals surface area (Å²) in [5, 5.41) is 18.1. The van der Waals surface area contributed by atoms with Crippen LogP contribution in [0.25, 0.3) is 0 Å². The number of amides is 1. The summed E-state index contributed by atoms with van der Waals surface area (Å²) >= 11 is 6.05. The summed E-state index contributed by atoms with van der Waals surface area (Å²) in [4.78, 5) is 22.9. The lowest BCUT2D eigenvalue weighted by atomic mass is 10.1. The average molecular weight is 477 g/mol. The fraction of sp³-hybridized carbons (Fsp3) is 0.120. The normalized spacial score (nSPS) is 10.6. The molecule has 0 bridgehead atoms. The van der Waals surface area contributed by atoms with E-state index >= 15 is 0 Å². The predicted molar refractivity (Wildman–Crippen MR) is 129 cm³/mol. The van der Waals surface area contributed by atoms with Crippen LogP contribution in [0, 0.1) is 17.0 Å². The van der Waals surface area contributed by atoms with Gasteiger partial charge in [-0.2, -0.15) is 5.10 Å². The van der Waals surface area contributed by atoms with Crippen molar-refractivity contribution in [2.45, 2.75) is 20.1 Å². The second kappa shape index (κ2) is 10.2. The molecule has 1 heterocycles. The fourth-order valence-electron chi connectivity index (χ4n) is 3.35. The Morgan fingerprint density at radius 2 is 1.91 bits per heavy atom. The van der Waals surface area contributed by atoms with Gasteiger partial charge in [0.2, 0.25) is 0 Å². The molecule has 0 spiro atoms. The third-order valence-electron chi connectivity index (χ3n) is 5.05. The number of carbonyl (C=O) groups excluding carboxylic acids is 1. The number of nitro benzene ring substituents is 1. The van der Waals surface area contributed by atoms with Crippen molar-refractivity contribution in [1.82, 2.24) is 9.78 Å². The zero-order valence-electron chi connectivity index (χ0n) is 18.3. The number of nitrogens with zero attached hydrogens (tertiary/aromatic N) is 3. The van der Waals surface area contributed by atoms with Crippen molar-refractivity contribution in [3.63, 3.8) is 0 Å². The Bertz CT molecular complexity index is 1340. The molecule has 0 atom stereocenters. The van der Waals surface area contributed by atoms with Gasteiger partial charge in [-0.25, -0.2) is 0 Å². The summed E-state index contributed by atoms with van der Waals surface area (Å²) in [7, 11) is 0.